The number of cyclic esters (lactones) is 1. The zero-order valence-electron chi connectivity index (χ0n) is 16.6. The molecule has 4 rings (SSSR count). The summed E-state index contributed by atoms with van der Waals surface area (Å²) < 4.78 is 5.01. The summed E-state index contributed by atoms with van der Waals surface area (Å²) in [5.41, 5.74) is 1.17. The van der Waals surface area contributed by atoms with Gasteiger partial charge in [0.1, 0.15) is 6.61 Å². The number of carbonyl (C=O) groups is 2. The minimum Gasteiger partial charge on any atom is -0.447 e. The maximum atomic E-state index is 12.8. The molecular weight excluding hydrogens is 356 g/mol. The van der Waals surface area contributed by atoms with Crippen LogP contribution in [-0.2, 0) is 9.53 Å². The summed E-state index contributed by atoms with van der Waals surface area (Å²) in [6.07, 6.45) is 3.17. The third-order valence-corrected chi connectivity index (χ3v) is 8.54. The summed E-state index contributed by atoms with van der Waals surface area (Å²) in [5.74, 6) is 0.857. The highest BCUT2D eigenvalue weighted by Gasteiger charge is 2.53. The second-order valence-corrected chi connectivity index (χ2v) is 14.6. The maximum Gasteiger partial charge on any atom is 0.407 e. The van der Waals surface area contributed by atoms with Gasteiger partial charge in [-0.05, 0) is 37.2 Å². The van der Waals surface area contributed by atoms with Gasteiger partial charge in [-0.25, -0.2) is 4.79 Å². The Morgan fingerprint density at radius 2 is 1.93 bits per heavy atom. The molecule has 146 valence electrons. The minimum absolute atomic E-state index is 0.0405. The highest BCUT2D eigenvalue weighted by Crippen LogP contribution is 2.42. The van der Waals surface area contributed by atoms with Gasteiger partial charge in [0, 0.05) is 19.0 Å². The van der Waals surface area contributed by atoms with Crippen molar-refractivity contribution in [3.05, 3.63) is 29.8 Å². The smallest absolute Gasteiger partial charge is 0.407 e. The number of alkyl carbamates (subject to hydrolysis) is 1. The Morgan fingerprint density at radius 1 is 1.22 bits per heavy atom. The Bertz CT molecular complexity index is 744. The molecule has 0 radical (unpaired) electrons. The molecule has 0 atom stereocenters. The van der Waals surface area contributed by atoms with E-state index in [9.17, 15) is 9.59 Å². The highest BCUT2D eigenvalue weighted by molar-refractivity contribution is 6.88. The minimum atomic E-state index is -1.30. The molecule has 1 aliphatic carbocycles. The molecule has 3 fully saturated rings. The molecule has 0 unspecified atom stereocenters. The van der Waals surface area contributed by atoms with Gasteiger partial charge < -0.3 is 15.0 Å². The predicted molar refractivity (Wildman–Crippen MR) is 108 cm³/mol. The Kier molecular flexibility index (Phi) is 4.57. The van der Waals surface area contributed by atoms with E-state index in [2.05, 4.69) is 49.2 Å². The molecule has 6 heteroatoms. The average molecular weight is 387 g/mol. The maximum absolute atomic E-state index is 12.8. The van der Waals surface area contributed by atoms with Crippen molar-refractivity contribution in [1.82, 2.24) is 10.2 Å². The van der Waals surface area contributed by atoms with Crippen LogP contribution in [0.1, 0.15) is 37.2 Å². The molecule has 1 N–H and O–H groups in total. The lowest BCUT2D eigenvalue weighted by Crippen LogP contribution is -2.58. The van der Waals surface area contributed by atoms with E-state index in [-0.39, 0.29) is 23.5 Å². The van der Waals surface area contributed by atoms with Crippen LogP contribution in [0, 0.1) is 5.92 Å². The largest absolute Gasteiger partial charge is 0.447 e. The Morgan fingerprint density at radius 3 is 2.52 bits per heavy atom. The first-order valence-electron chi connectivity index (χ1n) is 10.1. The fourth-order valence-corrected chi connectivity index (χ4v) is 5.92. The van der Waals surface area contributed by atoms with Crippen molar-refractivity contribution < 1.29 is 14.3 Å². The highest BCUT2D eigenvalue weighted by atomic mass is 28.3. The second kappa shape index (κ2) is 6.65. The number of nitrogens with one attached hydrogen (secondary N) is 1. The van der Waals surface area contributed by atoms with Crippen molar-refractivity contribution in [1.29, 1.82) is 0 Å². The van der Waals surface area contributed by atoms with Crippen LogP contribution < -0.4 is 10.5 Å². The van der Waals surface area contributed by atoms with Gasteiger partial charge in [-0.3, -0.25) is 4.79 Å². The molecule has 1 aromatic carbocycles. The van der Waals surface area contributed by atoms with Gasteiger partial charge in [0.15, 0.2) is 0 Å². The van der Waals surface area contributed by atoms with E-state index < -0.39 is 8.07 Å². The van der Waals surface area contributed by atoms with E-state index in [0.29, 0.717) is 12.5 Å². The molecule has 27 heavy (non-hydrogen) atoms. The van der Waals surface area contributed by atoms with Crippen LogP contribution in [0.15, 0.2) is 24.3 Å². The molecule has 5 nitrogen and oxygen atoms in total. The number of nitrogens with zero attached hydrogens (tertiary/aromatic N) is 1. The van der Waals surface area contributed by atoms with Crippen molar-refractivity contribution in [3.8, 4) is 0 Å². The quantitative estimate of drug-likeness (QED) is 0.813. The number of ether oxygens (including phenoxy) is 1. The topological polar surface area (TPSA) is 58.6 Å². The van der Waals surface area contributed by atoms with Crippen LogP contribution in [0.4, 0.5) is 4.79 Å². The number of rotatable bonds is 3. The number of hydrogen-bond donors (Lipinski definition) is 1. The summed E-state index contributed by atoms with van der Waals surface area (Å²) in [7, 11) is -1.30. The number of amides is 2. The predicted octanol–water partition coefficient (Wildman–Crippen LogP) is 2.83. The van der Waals surface area contributed by atoms with E-state index in [1.807, 2.05) is 4.90 Å². The van der Waals surface area contributed by atoms with Crippen LogP contribution in [0.3, 0.4) is 0 Å². The van der Waals surface area contributed by atoms with Gasteiger partial charge in [0.25, 0.3) is 0 Å². The lowest BCUT2D eigenvalue weighted by molar-refractivity contribution is -0.142. The van der Waals surface area contributed by atoms with E-state index in [0.717, 1.165) is 38.8 Å². The van der Waals surface area contributed by atoms with Crippen molar-refractivity contribution in [3.63, 3.8) is 0 Å². The number of hydrogen-bond acceptors (Lipinski definition) is 3. The van der Waals surface area contributed by atoms with Crippen molar-refractivity contribution >= 4 is 25.3 Å². The van der Waals surface area contributed by atoms with Gasteiger partial charge in [0.2, 0.25) is 5.91 Å². The van der Waals surface area contributed by atoms with Crippen LogP contribution in [0.2, 0.25) is 19.6 Å². The van der Waals surface area contributed by atoms with Gasteiger partial charge in [-0.15, -0.1) is 0 Å². The van der Waals surface area contributed by atoms with Crippen LogP contribution >= 0.6 is 0 Å². The first kappa shape index (κ1) is 18.5. The molecule has 2 amide bonds. The van der Waals surface area contributed by atoms with Gasteiger partial charge in [-0.1, -0.05) is 49.1 Å². The van der Waals surface area contributed by atoms with Gasteiger partial charge in [0.05, 0.1) is 13.6 Å². The lowest BCUT2D eigenvalue weighted by Gasteiger charge is -2.45. The lowest BCUT2D eigenvalue weighted by atomic mass is 9.68. The summed E-state index contributed by atoms with van der Waals surface area (Å²) in [4.78, 5) is 26.1. The van der Waals surface area contributed by atoms with Gasteiger partial charge in [-0.2, -0.15) is 0 Å². The first-order valence-corrected chi connectivity index (χ1v) is 13.6. The number of carbonyl (C=O) groups excluding carboxylic acids is 2. The van der Waals surface area contributed by atoms with Crippen LogP contribution in [0.5, 0.6) is 0 Å². The van der Waals surface area contributed by atoms with Crippen molar-refractivity contribution in [2.24, 2.45) is 5.92 Å². The van der Waals surface area contributed by atoms with E-state index in [4.69, 9.17) is 4.74 Å². The number of piperidine rings is 1. The molecule has 0 aromatic heterocycles. The Hall–Kier alpha value is -1.82. The van der Waals surface area contributed by atoms with Crippen LogP contribution in [0.25, 0.3) is 0 Å². The molecule has 1 aromatic rings. The summed E-state index contributed by atoms with van der Waals surface area (Å²) in [5, 5.41) is 4.38. The summed E-state index contributed by atoms with van der Waals surface area (Å²) in [6.45, 7) is 9.24. The third-order valence-electron chi connectivity index (χ3n) is 6.50. The van der Waals surface area contributed by atoms with Gasteiger partial charge >= 0.3 is 6.09 Å². The van der Waals surface area contributed by atoms with Crippen LogP contribution in [-0.4, -0.2) is 50.2 Å². The zero-order valence-corrected chi connectivity index (χ0v) is 17.6. The molecule has 1 saturated carbocycles. The van der Waals surface area contributed by atoms with E-state index in [1.165, 1.54) is 10.8 Å². The fraction of sp³-hybridized carbons (Fsp3) is 0.619. The molecule has 1 spiro atoms. The average Bonchev–Trinajstić information content (AvgIpc) is 3.02. The first-order chi connectivity index (χ1) is 12.8. The Labute approximate surface area is 162 Å². The second-order valence-electron chi connectivity index (χ2n) is 9.56. The molecule has 2 saturated heterocycles. The van der Waals surface area contributed by atoms with Crippen molar-refractivity contribution in [2.45, 2.75) is 56.8 Å². The molecule has 3 aliphatic rings. The summed E-state index contributed by atoms with van der Waals surface area (Å²) in [6, 6.07) is 9.13. The molecular formula is C21H30N2O3Si. The SMILES string of the molecule is C[Si](C)(C)c1cccc(C2CCN(C(=O)C3CC4(COC(=O)N4)C3)CC2)c1. The molecule has 2 heterocycles. The molecule has 0 bridgehead atoms. The van der Waals surface area contributed by atoms with Crippen molar-refractivity contribution in [2.75, 3.05) is 19.7 Å². The zero-order chi connectivity index (χ0) is 19.2. The summed E-state index contributed by atoms with van der Waals surface area (Å²) >= 11 is 0. The fourth-order valence-electron chi connectivity index (χ4n) is 4.72. The normalized spacial score (nSPS) is 28.6. The molecule has 2 aliphatic heterocycles. The Balaban J connectivity index is 1.32. The number of likely N-dealkylation sites (tertiary alicyclic amines) is 1. The standard InChI is InChI=1S/C21H30N2O3Si/c1-27(2,3)18-6-4-5-16(11-18)15-7-9-23(10-8-15)19(24)17-12-21(13-17)14-26-20(25)22-21/h4-6,11,15,17H,7-10,12-14H2,1-3H3,(H,22,25). The van der Waals surface area contributed by atoms with E-state index in [1.54, 1.807) is 0 Å². The number of benzene rings is 1. The monoisotopic (exact) mass is 386 g/mol. The third kappa shape index (κ3) is 3.64. The van der Waals surface area contributed by atoms with E-state index >= 15 is 0 Å².